The van der Waals surface area contributed by atoms with Gasteiger partial charge in [-0.2, -0.15) is 0 Å². The van der Waals surface area contributed by atoms with E-state index >= 15 is 0 Å². The first kappa shape index (κ1) is 34.2. The molecule has 2 unspecified atom stereocenters. The third-order valence-corrected chi connectivity index (χ3v) is 7.29. The van der Waals surface area contributed by atoms with Gasteiger partial charge in [0.2, 0.25) is 0 Å². The van der Waals surface area contributed by atoms with Crippen LogP contribution in [0.25, 0.3) is 0 Å². The van der Waals surface area contributed by atoms with Crippen molar-refractivity contribution in [3.63, 3.8) is 0 Å². The van der Waals surface area contributed by atoms with Crippen molar-refractivity contribution in [2.24, 2.45) is 0 Å². The topological polar surface area (TPSA) is 173 Å². The van der Waals surface area contributed by atoms with Crippen LogP contribution in [-0.2, 0) is 28.7 Å². The molecule has 0 aromatic rings. The Hall–Kier alpha value is -1.40. The minimum atomic E-state index is -1.61. The number of aliphatic hydroxyl groups is 2. The van der Waals surface area contributed by atoms with E-state index in [0.29, 0.717) is 0 Å². The van der Waals surface area contributed by atoms with Crippen molar-refractivity contribution >= 4 is 45.0 Å². The fraction of sp³-hybridized carbons (Fsp3) is 0.800. The predicted molar refractivity (Wildman–Crippen MR) is 110 cm³/mol. The molecule has 0 fully saturated rings. The molecule has 0 aromatic carbocycles. The largest absolute Gasteiger partial charge is 0.550 e. The summed E-state index contributed by atoms with van der Waals surface area (Å²) in [4.78, 5) is 40.7. The molecule has 2 atom stereocenters. The summed E-state index contributed by atoms with van der Waals surface area (Å²) in [5.41, 5.74) is 0. The van der Waals surface area contributed by atoms with Gasteiger partial charge in [-0.1, -0.05) is 0 Å². The number of aliphatic hydroxyl groups excluding tert-OH is 2. The van der Waals surface area contributed by atoms with E-state index in [1.807, 2.05) is 0 Å². The van der Waals surface area contributed by atoms with Gasteiger partial charge in [-0.25, -0.2) is 9.59 Å². The van der Waals surface area contributed by atoms with Gasteiger partial charge in [-0.3, -0.25) is 0 Å². The molecule has 0 heterocycles. The Kier molecular flexibility index (Phi) is 27.4. The molecule has 0 bridgehead atoms. The Bertz CT molecular complexity index is 443. The first-order chi connectivity index (χ1) is 14.6. The van der Waals surface area contributed by atoms with Crippen LogP contribution in [0.3, 0.4) is 0 Å². The van der Waals surface area contributed by atoms with Gasteiger partial charge < -0.3 is 39.5 Å². The third kappa shape index (κ3) is 28.6. The van der Waals surface area contributed by atoms with Crippen LogP contribution in [0.5, 0.6) is 0 Å². The van der Waals surface area contributed by atoms with Crippen LogP contribution in [0.2, 0.25) is 8.87 Å². The van der Waals surface area contributed by atoms with E-state index in [9.17, 15) is 29.4 Å². The second-order valence-electron chi connectivity index (χ2n) is 6.15. The average molecular weight is 555 g/mol. The van der Waals surface area contributed by atoms with Crippen molar-refractivity contribution in [1.82, 2.24) is 0 Å². The molecule has 0 saturated carbocycles. The molecule has 180 valence electrons. The molecule has 0 saturated heterocycles. The van der Waals surface area contributed by atoms with Crippen molar-refractivity contribution in [1.29, 1.82) is 0 Å². The average Bonchev–Trinajstić information content (AvgIpc) is 2.68. The maximum Gasteiger partial charge on any atom is 0.335 e. The third-order valence-electron chi connectivity index (χ3n) is 3.25. The van der Waals surface area contributed by atoms with E-state index in [4.69, 9.17) is 10.2 Å². The molecule has 0 aliphatic heterocycles. The van der Waals surface area contributed by atoms with E-state index in [1.54, 1.807) is 22.7 Å². The number of carboxylic acids is 2. The number of carbonyl (C=O) groups excluding carboxylic acids is 4. The summed E-state index contributed by atoms with van der Waals surface area (Å²) >= 11 is 0.149. The number of unbranched alkanes of at least 4 members (excludes halogenated alkanes) is 2. The van der Waals surface area contributed by atoms with Gasteiger partial charge in [-0.15, -0.1) is 0 Å². The molecule has 0 aliphatic rings. The Morgan fingerprint density at radius 3 is 1.29 bits per heavy atom. The molecule has 0 aromatic heterocycles. The van der Waals surface area contributed by atoms with Crippen LogP contribution in [0.1, 0.15) is 66.2 Å². The molecule has 31 heavy (non-hydrogen) atoms. The van der Waals surface area contributed by atoms with Crippen LogP contribution in [0, 0.1) is 0 Å². The number of carbonyl (C=O) groups is 4. The summed E-state index contributed by atoms with van der Waals surface area (Å²) in [7, 11) is 0. The first-order valence-corrected chi connectivity index (χ1v) is 14.4. The minimum absolute atomic E-state index is 0.114. The molecule has 0 rings (SSSR count). The Balaban J connectivity index is -0.000000382. The number of carboxylic acid groups (broad SMARTS) is 2. The van der Waals surface area contributed by atoms with Crippen molar-refractivity contribution in [2.45, 2.75) is 87.3 Å². The quantitative estimate of drug-likeness (QED) is 0.157. The van der Waals surface area contributed by atoms with Gasteiger partial charge in [-0.05, 0) is 13.8 Å². The van der Waals surface area contributed by atoms with Gasteiger partial charge in [0.25, 0.3) is 0 Å². The normalized spacial score (nSPS) is 11.3. The van der Waals surface area contributed by atoms with Crippen LogP contribution in [0.15, 0.2) is 0 Å². The predicted octanol–water partition coefficient (Wildman–Crippen LogP) is -0.772. The van der Waals surface area contributed by atoms with E-state index in [2.05, 4.69) is 23.3 Å². The SMILES string of the molecule is CCC[CH2][Sn+2][CH2]CCC.CCOC(=O)C(O)CC(=O)[O-].CCOC(=O)C(O)CC(=O)[O-]. The number of aliphatic carboxylic acids is 2. The maximum atomic E-state index is 10.5. The molecule has 10 nitrogen and oxygen atoms in total. The summed E-state index contributed by atoms with van der Waals surface area (Å²) < 4.78 is 11.9. The molecule has 0 spiro atoms. The number of hydrogen-bond acceptors (Lipinski definition) is 10. The summed E-state index contributed by atoms with van der Waals surface area (Å²) in [5, 5.41) is 37.1. The monoisotopic (exact) mass is 556 g/mol. The van der Waals surface area contributed by atoms with E-state index < -0.39 is 48.9 Å². The van der Waals surface area contributed by atoms with Crippen LogP contribution in [-0.4, -0.2) is 80.7 Å². The second kappa shape index (κ2) is 24.9. The molecule has 2 N–H and O–H groups in total. The first-order valence-electron chi connectivity index (χ1n) is 10.4. The van der Waals surface area contributed by atoms with Crippen molar-refractivity contribution in [3.05, 3.63) is 0 Å². The van der Waals surface area contributed by atoms with Crippen molar-refractivity contribution in [3.8, 4) is 0 Å². The second-order valence-corrected chi connectivity index (χ2v) is 10.4. The fourth-order valence-electron chi connectivity index (χ4n) is 1.69. The van der Waals surface area contributed by atoms with Crippen LogP contribution in [0.4, 0.5) is 0 Å². The Labute approximate surface area is 194 Å². The number of esters is 2. The molecular weight excluding hydrogens is 519 g/mol. The zero-order valence-electron chi connectivity index (χ0n) is 18.9. The summed E-state index contributed by atoms with van der Waals surface area (Å²) in [6.45, 7) is 7.93. The van der Waals surface area contributed by atoms with Crippen molar-refractivity contribution in [2.75, 3.05) is 13.2 Å². The fourth-order valence-corrected chi connectivity index (χ4v) is 5.85. The minimum Gasteiger partial charge on any atom is -0.550 e. The van der Waals surface area contributed by atoms with E-state index in [-0.39, 0.29) is 34.4 Å². The van der Waals surface area contributed by atoms with E-state index in [1.165, 1.54) is 25.7 Å². The van der Waals surface area contributed by atoms with E-state index in [0.717, 1.165) is 0 Å². The van der Waals surface area contributed by atoms with Crippen molar-refractivity contribution < 1.29 is 49.1 Å². The van der Waals surface area contributed by atoms with Crippen LogP contribution >= 0.6 is 0 Å². The molecule has 0 amide bonds. The number of hydrogen-bond donors (Lipinski definition) is 2. The van der Waals surface area contributed by atoms with Gasteiger partial charge in [0.05, 0.1) is 13.2 Å². The molecule has 0 aliphatic carbocycles. The standard InChI is InChI=1S/2C6H10O5.2C4H9.Sn/c2*1-2-11-6(10)4(7)3-5(8)9;2*1-3-4-2;/h2*4,7H,2-3H2,1H3,(H,8,9);2*1,3-4H2,2H3;/q;;;;+2/p-2. The number of rotatable bonds is 14. The molecule has 0 radical (unpaired) electrons. The maximum absolute atomic E-state index is 10.5. The van der Waals surface area contributed by atoms with Gasteiger partial charge in [0.15, 0.2) is 12.2 Å². The van der Waals surface area contributed by atoms with Gasteiger partial charge in [0.1, 0.15) is 0 Å². The van der Waals surface area contributed by atoms with Gasteiger partial charge >= 0.3 is 81.5 Å². The Morgan fingerprint density at radius 1 is 0.742 bits per heavy atom. The summed E-state index contributed by atoms with van der Waals surface area (Å²) in [6.07, 6.45) is 1.17. The Morgan fingerprint density at radius 2 is 1.06 bits per heavy atom. The number of ether oxygens (including phenoxy) is 2. The summed E-state index contributed by atoms with van der Waals surface area (Å²) in [6, 6.07) is 0. The zero-order chi connectivity index (χ0) is 24.7. The molecular formula is C20H36O10Sn. The van der Waals surface area contributed by atoms with Crippen LogP contribution < -0.4 is 10.2 Å². The summed E-state index contributed by atoms with van der Waals surface area (Å²) in [5.74, 6) is -4.83. The smallest absolute Gasteiger partial charge is 0.335 e. The van der Waals surface area contributed by atoms with Gasteiger partial charge in [0, 0.05) is 24.8 Å². The molecule has 11 heteroatoms. The zero-order valence-corrected chi connectivity index (χ0v) is 21.7.